The molecule has 0 saturated carbocycles. The van der Waals surface area contributed by atoms with Gasteiger partial charge >= 0.3 is 0 Å². The van der Waals surface area contributed by atoms with Crippen LogP contribution in [0.3, 0.4) is 0 Å². The number of carbonyl (C=O) groups is 2. The van der Waals surface area contributed by atoms with Gasteiger partial charge in [-0.1, -0.05) is 30.3 Å². The monoisotopic (exact) mass is 407 g/mol. The van der Waals surface area contributed by atoms with E-state index in [0.29, 0.717) is 12.1 Å². The summed E-state index contributed by atoms with van der Waals surface area (Å²) in [6.07, 6.45) is 0.900. The molecule has 1 aliphatic heterocycles. The van der Waals surface area contributed by atoms with Crippen molar-refractivity contribution in [3.05, 3.63) is 69.7 Å². The smallest absolute Gasteiger partial charge is 0.248 e. The summed E-state index contributed by atoms with van der Waals surface area (Å²) < 4.78 is 6.15. The fraction of sp³-hybridized carbons (Fsp3) is 0.227. The highest BCUT2D eigenvalue weighted by atomic mass is 32.1. The van der Waals surface area contributed by atoms with Crippen LogP contribution in [0.15, 0.2) is 47.8 Å². The number of fused-ring (bicyclic) bond motifs is 1. The highest BCUT2D eigenvalue weighted by Gasteiger charge is 2.26. The van der Waals surface area contributed by atoms with Crippen molar-refractivity contribution in [3.8, 4) is 16.9 Å². The average Bonchev–Trinajstić information content (AvgIpc) is 3.31. The zero-order valence-corrected chi connectivity index (χ0v) is 16.8. The lowest BCUT2D eigenvalue weighted by Gasteiger charge is -2.13. The van der Waals surface area contributed by atoms with Crippen molar-refractivity contribution in [3.63, 3.8) is 0 Å². The van der Waals surface area contributed by atoms with Gasteiger partial charge in [-0.2, -0.15) is 0 Å². The van der Waals surface area contributed by atoms with Crippen molar-refractivity contribution in [1.82, 2.24) is 10.3 Å². The highest BCUT2D eigenvalue weighted by molar-refractivity contribution is 7.09. The second-order valence-corrected chi connectivity index (χ2v) is 8.08. The molecule has 29 heavy (non-hydrogen) atoms. The molecule has 0 radical (unpaired) electrons. The van der Waals surface area contributed by atoms with Gasteiger partial charge in [0.25, 0.3) is 0 Å². The summed E-state index contributed by atoms with van der Waals surface area (Å²) in [6.45, 7) is 2.37. The predicted molar refractivity (Wildman–Crippen MR) is 112 cm³/mol. The molecule has 3 aromatic rings. The maximum Gasteiger partial charge on any atom is 0.248 e. The molecule has 2 aromatic carbocycles. The van der Waals surface area contributed by atoms with Crippen LogP contribution in [0.1, 0.15) is 26.6 Å². The van der Waals surface area contributed by atoms with Crippen LogP contribution in [0.2, 0.25) is 0 Å². The third kappa shape index (κ3) is 4.30. The molecular formula is C22H21N3O3S. The minimum absolute atomic E-state index is 0.0582. The minimum Gasteiger partial charge on any atom is -0.487 e. The van der Waals surface area contributed by atoms with Crippen molar-refractivity contribution < 1.29 is 14.3 Å². The van der Waals surface area contributed by atoms with E-state index in [0.717, 1.165) is 39.6 Å². The van der Waals surface area contributed by atoms with E-state index in [4.69, 9.17) is 10.5 Å². The highest BCUT2D eigenvalue weighted by Crippen LogP contribution is 2.38. The first-order chi connectivity index (χ1) is 14.0. The second kappa shape index (κ2) is 8.05. The lowest BCUT2D eigenvalue weighted by Crippen LogP contribution is -2.35. The first kappa shape index (κ1) is 19.1. The first-order valence-corrected chi connectivity index (χ1v) is 10.2. The standard InChI is InChI=1S/C22H21N3O3S/c1-13-25-17(12-29-13)10-20(26)24-11-18-9-16-3-2-4-19(21(16)28-18)14-5-7-15(8-6-14)22(23)27/h2-8,12,18H,9-11H2,1H3,(H2,23,27)(H,24,26). The Morgan fingerprint density at radius 3 is 2.72 bits per heavy atom. The molecule has 1 aliphatic rings. The maximum atomic E-state index is 12.2. The molecule has 0 spiro atoms. The Labute approximate surface area is 172 Å². The van der Waals surface area contributed by atoms with Crippen molar-refractivity contribution in [2.24, 2.45) is 5.73 Å². The minimum atomic E-state index is -0.449. The largest absolute Gasteiger partial charge is 0.487 e. The number of aromatic nitrogens is 1. The van der Waals surface area contributed by atoms with Gasteiger partial charge in [0.15, 0.2) is 0 Å². The van der Waals surface area contributed by atoms with Crippen LogP contribution in [0.25, 0.3) is 11.1 Å². The van der Waals surface area contributed by atoms with Gasteiger partial charge in [0, 0.05) is 22.9 Å². The van der Waals surface area contributed by atoms with E-state index in [-0.39, 0.29) is 18.4 Å². The summed E-state index contributed by atoms with van der Waals surface area (Å²) in [5, 5.41) is 5.81. The lowest BCUT2D eigenvalue weighted by atomic mass is 9.99. The Bertz CT molecular complexity index is 1060. The predicted octanol–water partition coefficient (Wildman–Crippen LogP) is 2.88. The molecule has 3 N–H and O–H groups in total. The third-order valence-electron chi connectivity index (χ3n) is 4.84. The van der Waals surface area contributed by atoms with Crippen molar-refractivity contribution >= 4 is 23.2 Å². The molecule has 0 aliphatic carbocycles. The zero-order chi connectivity index (χ0) is 20.4. The number of hydrogen-bond donors (Lipinski definition) is 2. The number of benzene rings is 2. The Balaban J connectivity index is 1.41. The van der Waals surface area contributed by atoms with E-state index in [2.05, 4.69) is 10.3 Å². The summed E-state index contributed by atoms with van der Waals surface area (Å²) in [4.78, 5) is 27.8. The van der Waals surface area contributed by atoms with E-state index < -0.39 is 5.91 Å². The summed E-state index contributed by atoms with van der Waals surface area (Å²) in [7, 11) is 0. The summed E-state index contributed by atoms with van der Waals surface area (Å²) in [6, 6.07) is 13.2. The number of nitrogens with two attached hydrogens (primary N) is 1. The molecule has 4 rings (SSSR count). The lowest BCUT2D eigenvalue weighted by molar-refractivity contribution is -0.120. The Kier molecular flexibility index (Phi) is 5.31. The van der Waals surface area contributed by atoms with Crippen LogP contribution < -0.4 is 15.8 Å². The number of para-hydroxylation sites is 1. The zero-order valence-electron chi connectivity index (χ0n) is 16.0. The summed E-state index contributed by atoms with van der Waals surface area (Å²) >= 11 is 1.54. The third-order valence-corrected chi connectivity index (χ3v) is 5.67. The van der Waals surface area contributed by atoms with E-state index in [1.807, 2.05) is 42.6 Å². The number of primary amides is 1. The number of carbonyl (C=O) groups excluding carboxylic acids is 2. The molecule has 1 aromatic heterocycles. The fourth-order valence-corrected chi connectivity index (χ4v) is 4.05. The summed E-state index contributed by atoms with van der Waals surface area (Å²) in [5.41, 5.74) is 9.61. The number of rotatable bonds is 6. The average molecular weight is 407 g/mol. The van der Waals surface area contributed by atoms with Gasteiger partial charge in [0.2, 0.25) is 11.8 Å². The molecule has 1 atom stereocenters. The quantitative estimate of drug-likeness (QED) is 0.657. The van der Waals surface area contributed by atoms with Crippen LogP contribution in [-0.2, 0) is 17.6 Å². The number of amides is 2. The second-order valence-electron chi connectivity index (χ2n) is 7.02. The van der Waals surface area contributed by atoms with E-state index in [1.54, 1.807) is 23.5 Å². The fourth-order valence-electron chi connectivity index (χ4n) is 3.44. The topological polar surface area (TPSA) is 94.3 Å². The van der Waals surface area contributed by atoms with Crippen LogP contribution in [0.5, 0.6) is 5.75 Å². The Morgan fingerprint density at radius 1 is 1.24 bits per heavy atom. The molecule has 148 valence electrons. The van der Waals surface area contributed by atoms with Crippen molar-refractivity contribution in [2.45, 2.75) is 25.9 Å². The normalized spacial score (nSPS) is 14.9. The van der Waals surface area contributed by atoms with Crippen LogP contribution >= 0.6 is 11.3 Å². The van der Waals surface area contributed by atoms with E-state index in [9.17, 15) is 9.59 Å². The number of nitrogens with zero attached hydrogens (tertiary/aromatic N) is 1. The molecule has 0 fully saturated rings. The number of hydrogen-bond acceptors (Lipinski definition) is 5. The molecule has 2 amide bonds. The van der Waals surface area contributed by atoms with Gasteiger partial charge in [-0.3, -0.25) is 9.59 Å². The van der Waals surface area contributed by atoms with Gasteiger partial charge < -0.3 is 15.8 Å². The molecule has 0 bridgehead atoms. The van der Waals surface area contributed by atoms with Gasteiger partial charge in [-0.25, -0.2) is 4.98 Å². The van der Waals surface area contributed by atoms with Gasteiger partial charge in [-0.15, -0.1) is 11.3 Å². The molecule has 2 heterocycles. The molecule has 0 saturated heterocycles. The van der Waals surface area contributed by atoms with Gasteiger partial charge in [0.05, 0.1) is 23.7 Å². The number of aryl methyl sites for hydroxylation is 1. The number of thiazole rings is 1. The molecule has 6 nitrogen and oxygen atoms in total. The van der Waals surface area contributed by atoms with Crippen LogP contribution in [0.4, 0.5) is 0 Å². The molecule has 1 unspecified atom stereocenters. The number of ether oxygens (including phenoxy) is 1. The molecular weight excluding hydrogens is 386 g/mol. The van der Waals surface area contributed by atoms with E-state index in [1.165, 1.54) is 0 Å². The van der Waals surface area contributed by atoms with Crippen molar-refractivity contribution in [1.29, 1.82) is 0 Å². The maximum absolute atomic E-state index is 12.2. The Hall–Kier alpha value is -3.19. The Morgan fingerprint density at radius 2 is 2.03 bits per heavy atom. The van der Waals surface area contributed by atoms with Gasteiger partial charge in [0.1, 0.15) is 11.9 Å². The summed E-state index contributed by atoms with van der Waals surface area (Å²) in [5.74, 6) is 0.320. The first-order valence-electron chi connectivity index (χ1n) is 9.36. The van der Waals surface area contributed by atoms with Gasteiger partial charge in [-0.05, 0) is 30.2 Å². The SMILES string of the molecule is Cc1nc(CC(=O)NCC2Cc3cccc(-c4ccc(C(N)=O)cc4)c3O2)cs1. The van der Waals surface area contributed by atoms with Crippen LogP contribution in [0, 0.1) is 6.92 Å². The van der Waals surface area contributed by atoms with E-state index >= 15 is 0 Å². The molecule has 7 heteroatoms. The van der Waals surface area contributed by atoms with Crippen LogP contribution in [-0.4, -0.2) is 29.4 Å². The van der Waals surface area contributed by atoms with Crippen molar-refractivity contribution in [2.75, 3.05) is 6.54 Å². The number of nitrogens with one attached hydrogen (secondary N) is 1.